The predicted molar refractivity (Wildman–Crippen MR) is 71.5 cm³/mol. The Morgan fingerprint density at radius 2 is 1.80 bits per heavy atom. The number of aromatic nitrogens is 2. The molecule has 0 atom stereocenters. The van der Waals surface area contributed by atoms with Crippen molar-refractivity contribution in [3.8, 4) is 0 Å². The molecule has 20 heavy (non-hydrogen) atoms. The number of halogens is 2. The molecule has 0 saturated heterocycles. The molecule has 0 saturated carbocycles. The van der Waals surface area contributed by atoms with Crippen LogP contribution in [0.3, 0.4) is 0 Å². The first-order valence-corrected chi connectivity index (χ1v) is 6.09. The van der Waals surface area contributed by atoms with Gasteiger partial charge in [-0.1, -0.05) is 0 Å². The Morgan fingerprint density at radius 1 is 1.10 bits per heavy atom. The molecule has 0 amide bonds. The summed E-state index contributed by atoms with van der Waals surface area (Å²) >= 11 is 0. The minimum Gasteiger partial charge on any atom is -0.378 e. The molecular formula is C14H15F2N3O. The molecule has 1 aromatic heterocycles. The zero-order valence-corrected chi connectivity index (χ0v) is 11.3. The Hall–Kier alpha value is -2.08. The standard InChI is InChI=1S/C14H15F2N3O/c1-17-13-7-12(8-20-2)18-14(19-13)5-9-3-10(15)6-11(16)4-9/h3-4,6-7H,5,8H2,1-2H3,(H,17,18,19). The van der Waals surface area contributed by atoms with Gasteiger partial charge in [-0.3, -0.25) is 0 Å². The average Bonchev–Trinajstić information content (AvgIpc) is 2.37. The first kappa shape index (κ1) is 14.3. The van der Waals surface area contributed by atoms with E-state index in [0.717, 1.165) is 6.07 Å². The van der Waals surface area contributed by atoms with Crippen molar-refractivity contribution in [3.63, 3.8) is 0 Å². The van der Waals surface area contributed by atoms with Crippen molar-refractivity contribution in [2.24, 2.45) is 0 Å². The Bertz CT molecular complexity index is 585. The van der Waals surface area contributed by atoms with Crippen LogP contribution >= 0.6 is 0 Å². The van der Waals surface area contributed by atoms with Gasteiger partial charge in [0, 0.05) is 32.7 Å². The van der Waals surface area contributed by atoms with Crippen molar-refractivity contribution >= 4 is 5.82 Å². The lowest BCUT2D eigenvalue weighted by Crippen LogP contribution is -2.05. The molecule has 0 bridgehead atoms. The minimum absolute atomic E-state index is 0.251. The van der Waals surface area contributed by atoms with Crippen LogP contribution in [0.15, 0.2) is 24.3 Å². The van der Waals surface area contributed by atoms with Gasteiger partial charge in [0.25, 0.3) is 0 Å². The molecule has 0 unspecified atom stereocenters. The van der Waals surface area contributed by atoms with Crippen molar-refractivity contribution in [2.45, 2.75) is 13.0 Å². The highest BCUT2D eigenvalue weighted by atomic mass is 19.1. The summed E-state index contributed by atoms with van der Waals surface area (Å²) < 4.78 is 31.4. The summed E-state index contributed by atoms with van der Waals surface area (Å²) in [6.07, 6.45) is 0.251. The van der Waals surface area contributed by atoms with Gasteiger partial charge < -0.3 is 10.1 Å². The van der Waals surface area contributed by atoms with Gasteiger partial charge in [0.15, 0.2) is 0 Å². The normalized spacial score (nSPS) is 10.6. The smallest absolute Gasteiger partial charge is 0.135 e. The fourth-order valence-electron chi connectivity index (χ4n) is 1.88. The number of anilines is 1. The van der Waals surface area contributed by atoms with Crippen LogP contribution in [-0.2, 0) is 17.8 Å². The third-order valence-corrected chi connectivity index (χ3v) is 2.66. The largest absolute Gasteiger partial charge is 0.378 e. The average molecular weight is 279 g/mol. The number of methoxy groups -OCH3 is 1. The van der Waals surface area contributed by atoms with Gasteiger partial charge in [-0.25, -0.2) is 18.7 Å². The van der Waals surface area contributed by atoms with E-state index in [9.17, 15) is 8.78 Å². The molecule has 1 aromatic carbocycles. The quantitative estimate of drug-likeness (QED) is 0.913. The maximum atomic E-state index is 13.2. The molecular weight excluding hydrogens is 264 g/mol. The lowest BCUT2D eigenvalue weighted by molar-refractivity contribution is 0.181. The fraction of sp³-hybridized carbons (Fsp3) is 0.286. The van der Waals surface area contributed by atoms with Crippen LogP contribution in [0, 0.1) is 11.6 Å². The molecule has 1 N–H and O–H groups in total. The van der Waals surface area contributed by atoms with Crippen molar-refractivity contribution in [1.82, 2.24) is 9.97 Å². The SMILES string of the molecule is CNc1cc(COC)nc(Cc2cc(F)cc(F)c2)n1. The Kier molecular flexibility index (Phi) is 4.57. The van der Waals surface area contributed by atoms with Crippen LogP contribution in [0.5, 0.6) is 0 Å². The second-order valence-electron chi connectivity index (χ2n) is 4.30. The summed E-state index contributed by atoms with van der Waals surface area (Å²) in [5, 5.41) is 2.92. The van der Waals surface area contributed by atoms with E-state index < -0.39 is 11.6 Å². The number of nitrogens with zero attached hydrogens (tertiary/aromatic N) is 2. The van der Waals surface area contributed by atoms with Gasteiger partial charge >= 0.3 is 0 Å². The lowest BCUT2D eigenvalue weighted by Gasteiger charge is -2.07. The van der Waals surface area contributed by atoms with Crippen LogP contribution in [0.1, 0.15) is 17.1 Å². The van der Waals surface area contributed by atoms with Crippen molar-refractivity contribution in [1.29, 1.82) is 0 Å². The number of hydrogen-bond donors (Lipinski definition) is 1. The van der Waals surface area contributed by atoms with Crippen molar-refractivity contribution in [3.05, 3.63) is 53.0 Å². The Labute approximate surface area is 115 Å². The summed E-state index contributed by atoms with van der Waals surface area (Å²) in [4.78, 5) is 8.57. The molecule has 0 radical (unpaired) electrons. The molecule has 106 valence electrons. The highest BCUT2D eigenvalue weighted by Crippen LogP contribution is 2.14. The molecule has 6 heteroatoms. The van der Waals surface area contributed by atoms with Gasteiger partial charge in [0.05, 0.1) is 12.3 Å². The topological polar surface area (TPSA) is 47.0 Å². The highest BCUT2D eigenvalue weighted by Gasteiger charge is 2.07. The maximum Gasteiger partial charge on any atom is 0.135 e. The summed E-state index contributed by atoms with van der Waals surface area (Å²) in [5.41, 5.74) is 1.19. The summed E-state index contributed by atoms with van der Waals surface area (Å²) in [6.45, 7) is 0.349. The predicted octanol–water partition coefficient (Wildman–Crippen LogP) is 2.53. The van der Waals surface area contributed by atoms with E-state index in [0.29, 0.717) is 29.5 Å². The second-order valence-corrected chi connectivity index (χ2v) is 4.30. The number of hydrogen-bond acceptors (Lipinski definition) is 4. The monoisotopic (exact) mass is 279 g/mol. The van der Waals surface area contributed by atoms with Crippen LogP contribution in [0.4, 0.5) is 14.6 Å². The first-order chi connectivity index (χ1) is 9.60. The van der Waals surface area contributed by atoms with Gasteiger partial charge in [-0.05, 0) is 17.7 Å². The van der Waals surface area contributed by atoms with Crippen molar-refractivity contribution < 1.29 is 13.5 Å². The zero-order chi connectivity index (χ0) is 14.5. The fourth-order valence-corrected chi connectivity index (χ4v) is 1.88. The van der Waals surface area contributed by atoms with E-state index >= 15 is 0 Å². The van der Waals surface area contributed by atoms with Crippen LogP contribution in [-0.4, -0.2) is 24.1 Å². The number of nitrogens with one attached hydrogen (secondary N) is 1. The molecule has 4 nitrogen and oxygen atoms in total. The molecule has 0 aliphatic heterocycles. The van der Waals surface area contributed by atoms with Gasteiger partial charge in [0.1, 0.15) is 23.3 Å². The first-order valence-electron chi connectivity index (χ1n) is 6.09. The minimum atomic E-state index is -0.609. The molecule has 0 spiro atoms. The van der Waals surface area contributed by atoms with Crippen LogP contribution < -0.4 is 5.32 Å². The molecule has 0 fully saturated rings. The molecule has 0 aliphatic rings. The number of benzene rings is 1. The number of ether oxygens (including phenoxy) is 1. The molecule has 2 rings (SSSR count). The van der Waals surface area contributed by atoms with E-state index in [-0.39, 0.29) is 6.42 Å². The van der Waals surface area contributed by atoms with Gasteiger partial charge in [-0.2, -0.15) is 0 Å². The van der Waals surface area contributed by atoms with E-state index in [1.165, 1.54) is 12.1 Å². The molecule has 0 aliphatic carbocycles. The van der Waals surface area contributed by atoms with Gasteiger partial charge in [0.2, 0.25) is 0 Å². The molecule has 2 aromatic rings. The van der Waals surface area contributed by atoms with E-state index in [1.54, 1.807) is 20.2 Å². The Balaban J connectivity index is 2.29. The van der Waals surface area contributed by atoms with Crippen LogP contribution in [0.25, 0.3) is 0 Å². The third-order valence-electron chi connectivity index (χ3n) is 2.66. The number of rotatable bonds is 5. The lowest BCUT2D eigenvalue weighted by atomic mass is 10.1. The van der Waals surface area contributed by atoms with E-state index in [2.05, 4.69) is 15.3 Å². The van der Waals surface area contributed by atoms with Gasteiger partial charge in [-0.15, -0.1) is 0 Å². The summed E-state index contributed by atoms with van der Waals surface area (Å²) in [7, 11) is 3.31. The second kappa shape index (κ2) is 6.38. The maximum absolute atomic E-state index is 13.2. The molecule has 1 heterocycles. The highest BCUT2D eigenvalue weighted by molar-refractivity contribution is 5.36. The van der Waals surface area contributed by atoms with E-state index in [4.69, 9.17) is 4.74 Å². The summed E-state index contributed by atoms with van der Waals surface area (Å²) in [5.74, 6) is -0.100. The zero-order valence-electron chi connectivity index (χ0n) is 11.3. The summed E-state index contributed by atoms with van der Waals surface area (Å²) in [6, 6.07) is 5.15. The van der Waals surface area contributed by atoms with Crippen molar-refractivity contribution in [2.75, 3.05) is 19.5 Å². The third kappa shape index (κ3) is 3.71. The van der Waals surface area contributed by atoms with E-state index in [1.807, 2.05) is 0 Å². The Morgan fingerprint density at radius 3 is 2.40 bits per heavy atom. The van der Waals surface area contributed by atoms with Crippen LogP contribution in [0.2, 0.25) is 0 Å².